The number of ether oxygens (including phenoxy) is 2. The Bertz CT molecular complexity index is 431. The number of carbonyl (C=O) groups excluding carboxylic acids is 1. The van der Waals surface area contributed by atoms with Gasteiger partial charge in [-0.2, -0.15) is 0 Å². The van der Waals surface area contributed by atoms with Gasteiger partial charge in [0.2, 0.25) is 0 Å². The first-order valence-electron chi connectivity index (χ1n) is 7.12. The standard InChI is InChI=1S/C15H22N2O3/c1-2-7-20-14-5-3-4-12(9-14)15(18)17-10-13-11-19-8-6-16-13/h3-5,9,13,16H,2,6-8,10-11H2,1H3,(H,17,18). The predicted octanol–water partition coefficient (Wildman–Crippen LogP) is 1.19. The molecule has 1 aromatic rings. The van der Waals surface area contributed by atoms with Crippen LogP contribution in [0.3, 0.4) is 0 Å². The molecule has 1 aliphatic heterocycles. The van der Waals surface area contributed by atoms with Gasteiger partial charge in [-0.3, -0.25) is 4.79 Å². The van der Waals surface area contributed by atoms with Gasteiger partial charge in [0.1, 0.15) is 5.75 Å². The summed E-state index contributed by atoms with van der Waals surface area (Å²) in [4.78, 5) is 12.1. The van der Waals surface area contributed by atoms with Crippen molar-refractivity contribution in [2.24, 2.45) is 0 Å². The molecule has 1 heterocycles. The minimum atomic E-state index is -0.0840. The molecule has 0 spiro atoms. The van der Waals surface area contributed by atoms with E-state index in [0.29, 0.717) is 25.3 Å². The molecule has 0 radical (unpaired) electrons. The van der Waals surface area contributed by atoms with Gasteiger partial charge in [-0.25, -0.2) is 0 Å². The number of morpholine rings is 1. The number of hydrogen-bond acceptors (Lipinski definition) is 4. The molecule has 5 heteroatoms. The monoisotopic (exact) mass is 278 g/mol. The van der Waals surface area contributed by atoms with Crippen LogP contribution in [-0.4, -0.2) is 44.9 Å². The fraction of sp³-hybridized carbons (Fsp3) is 0.533. The first kappa shape index (κ1) is 14.8. The molecule has 1 saturated heterocycles. The molecule has 0 aliphatic carbocycles. The van der Waals surface area contributed by atoms with E-state index >= 15 is 0 Å². The molecule has 110 valence electrons. The largest absolute Gasteiger partial charge is 0.494 e. The number of nitrogens with one attached hydrogen (secondary N) is 2. The van der Waals surface area contributed by atoms with E-state index < -0.39 is 0 Å². The van der Waals surface area contributed by atoms with Crippen molar-refractivity contribution < 1.29 is 14.3 Å². The van der Waals surface area contributed by atoms with Crippen LogP contribution in [0.2, 0.25) is 0 Å². The lowest BCUT2D eigenvalue weighted by molar-refractivity contribution is 0.0734. The molecular formula is C15H22N2O3. The van der Waals surface area contributed by atoms with Crippen LogP contribution in [-0.2, 0) is 4.74 Å². The number of carbonyl (C=O) groups is 1. The quantitative estimate of drug-likeness (QED) is 0.821. The first-order chi connectivity index (χ1) is 9.79. The summed E-state index contributed by atoms with van der Waals surface area (Å²) in [6, 6.07) is 7.45. The molecule has 1 amide bonds. The Kier molecular flexibility index (Phi) is 5.83. The Morgan fingerprint density at radius 1 is 1.55 bits per heavy atom. The van der Waals surface area contributed by atoms with Gasteiger partial charge in [0.05, 0.1) is 19.8 Å². The fourth-order valence-electron chi connectivity index (χ4n) is 2.02. The van der Waals surface area contributed by atoms with Crippen molar-refractivity contribution in [2.45, 2.75) is 19.4 Å². The van der Waals surface area contributed by atoms with Gasteiger partial charge in [-0.05, 0) is 24.6 Å². The van der Waals surface area contributed by atoms with Crippen LogP contribution in [0.15, 0.2) is 24.3 Å². The average molecular weight is 278 g/mol. The van der Waals surface area contributed by atoms with Gasteiger partial charge in [0, 0.05) is 24.7 Å². The highest BCUT2D eigenvalue weighted by atomic mass is 16.5. The second-order valence-electron chi connectivity index (χ2n) is 4.81. The Labute approximate surface area is 119 Å². The van der Waals surface area contributed by atoms with Crippen molar-refractivity contribution in [1.29, 1.82) is 0 Å². The summed E-state index contributed by atoms with van der Waals surface area (Å²) in [5, 5.41) is 6.22. The molecule has 1 fully saturated rings. The second kappa shape index (κ2) is 7.87. The summed E-state index contributed by atoms with van der Waals surface area (Å²) < 4.78 is 10.9. The van der Waals surface area contributed by atoms with E-state index in [1.807, 2.05) is 12.1 Å². The van der Waals surface area contributed by atoms with E-state index in [-0.39, 0.29) is 11.9 Å². The van der Waals surface area contributed by atoms with Crippen LogP contribution in [0.4, 0.5) is 0 Å². The van der Waals surface area contributed by atoms with Gasteiger partial charge in [-0.15, -0.1) is 0 Å². The highest BCUT2D eigenvalue weighted by Gasteiger charge is 2.14. The Morgan fingerprint density at radius 3 is 3.20 bits per heavy atom. The molecule has 1 aromatic carbocycles. The first-order valence-corrected chi connectivity index (χ1v) is 7.12. The highest BCUT2D eigenvalue weighted by molar-refractivity contribution is 5.94. The Hall–Kier alpha value is -1.59. The fourth-order valence-corrected chi connectivity index (χ4v) is 2.02. The lowest BCUT2D eigenvalue weighted by atomic mass is 10.2. The van der Waals surface area contributed by atoms with Crippen molar-refractivity contribution in [1.82, 2.24) is 10.6 Å². The third-order valence-corrected chi connectivity index (χ3v) is 3.08. The van der Waals surface area contributed by atoms with Crippen LogP contribution in [0.25, 0.3) is 0 Å². The van der Waals surface area contributed by atoms with Gasteiger partial charge in [0.15, 0.2) is 0 Å². The van der Waals surface area contributed by atoms with E-state index in [2.05, 4.69) is 17.6 Å². The Balaban J connectivity index is 1.84. The van der Waals surface area contributed by atoms with Crippen LogP contribution in [0, 0.1) is 0 Å². The van der Waals surface area contributed by atoms with E-state index in [1.165, 1.54) is 0 Å². The average Bonchev–Trinajstić information content (AvgIpc) is 2.52. The number of benzene rings is 1. The third-order valence-electron chi connectivity index (χ3n) is 3.08. The van der Waals surface area contributed by atoms with E-state index in [9.17, 15) is 4.79 Å². The molecular weight excluding hydrogens is 256 g/mol. The second-order valence-corrected chi connectivity index (χ2v) is 4.81. The van der Waals surface area contributed by atoms with Crippen molar-refractivity contribution in [3.05, 3.63) is 29.8 Å². The van der Waals surface area contributed by atoms with Crippen LogP contribution >= 0.6 is 0 Å². The molecule has 0 bridgehead atoms. The molecule has 2 rings (SSSR count). The van der Waals surface area contributed by atoms with Crippen LogP contribution < -0.4 is 15.4 Å². The summed E-state index contributed by atoms with van der Waals surface area (Å²) >= 11 is 0. The Morgan fingerprint density at radius 2 is 2.45 bits per heavy atom. The molecule has 1 unspecified atom stereocenters. The summed E-state index contributed by atoms with van der Waals surface area (Å²) in [6.45, 7) is 5.49. The topological polar surface area (TPSA) is 59.6 Å². The van der Waals surface area contributed by atoms with Gasteiger partial charge in [-0.1, -0.05) is 13.0 Å². The molecule has 2 N–H and O–H groups in total. The number of rotatable bonds is 6. The molecule has 1 atom stereocenters. The number of hydrogen-bond donors (Lipinski definition) is 2. The minimum Gasteiger partial charge on any atom is -0.494 e. The highest BCUT2D eigenvalue weighted by Crippen LogP contribution is 2.13. The maximum Gasteiger partial charge on any atom is 0.251 e. The summed E-state index contributed by atoms with van der Waals surface area (Å²) in [7, 11) is 0. The van der Waals surface area contributed by atoms with E-state index in [4.69, 9.17) is 9.47 Å². The van der Waals surface area contributed by atoms with Gasteiger partial charge in [0.25, 0.3) is 5.91 Å². The normalized spacial score (nSPS) is 18.6. The zero-order valence-corrected chi connectivity index (χ0v) is 11.9. The van der Waals surface area contributed by atoms with Crippen molar-refractivity contribution in [3.8, 4) is 5.75 Å². The van der Waals surface area contributed by atoms with Crippen LogP contribution in [0.1, 0.15) is 23.7 Å². The molecule has 0 aromatic heterocycles. The lowest BCUT2D eigenvalue weighted by Crippen LogP contribution is -2.48. The molecule has 1 aliphatic rings. The zero-order chi connectivity index (χ0) is 14.2. The predicted molar refractivity (Wildman–Crippen MR) is 77.2 cm³/mol. The smallest absolute Gasteiger partial charge is 0.251 e. The maximum absolute atomic E-state index is 12.1. The maximum atomic E-state index is 12.1. The van der Waals surface area contributed by atoms with E-state index in [0.717, 1.165) is 25.3 Å². The summed E-state index contributed by atoms with van der Waals surface area (Å²) in [5.41, 5.74) is 0.621. The molecule has 20 heavy (non-hydrogen) atoms. The van der Waals surface area contributed by atoms with E-state index in [1.54, 1.807) is 12.1 Å². The minimum absolute atomic E-state index is 0.0840. The zero-order valence-electron chi connectivity index (χ0n) is 11.9. The summed E-state index contributed by atoms with van der Waals surface area (Å²) in [5.74, 6) is 0.651. The van der Waals surface area contributed by atoms with Crippen molar-refractivity contribution in [3.63, 3.8) is 0 Å². The van der Waals surface area contributed by atoms with Crippen molar-refractivity contribution >= 4 is 5.91 Å². The van der Waals surface area contributed by atoms with Gasteiger partial charge < -0.3 is 20.1 Å². The third kappa shape index (κ3) is 4.51. The van der Waals surface area contributed by atoms with Gasteiger partial charge >= 0.3 is 0 Å². The molecule has 5 nitrogen and oxygen atoms in total. The van der Waals surface area contributed by atoms with Crippen LogP contribution in [0.5, 0.6) is 5.75 Å². The van der Waals surface area contributed by atoms with Crippen molar-refractivity contribution in [2.75, 3.05) is 32.9 Å². The molecule has 0 saturated carbocycles. The number of amides is 1. The lowest BCUT2D eigenvalue weighted by Gasteiger charge is -2.23. The SMILES string of the molecule is CCCOc1cccc(C(=O)NCC2COCCN2)c1. The summed E-state index contributed by atoms with van der Waals surface area (Å²) in [6.07, 6.45) is 0.948.